The van der Waals surface area contributed by atoms with E-state index in [1.165, 1.54) is 0 Å². The molecule has 0 saturated carbocycles. The quantitative estimate of drug-likeness (QED) is 0.515. The number of rotatable bonds is 2. The molecule has 0 aliphatic rings. The molecule has 0 saturated heterocycles. The smallest absolute Gasteiger partial charge is 0.224 e. The van der Waals surface area contributed by atoms with Gasteiger partial charge < -0.3 is 5.32 Å². The highest BCUT2D eigenvalue weighted by Crippen LogP contribution is 1.76. The Kier molecular flexibility index (Phi) is 3.63. The molecular formula is C6H9NO. The summed E-state index contributed by atoms with van der Waals surface area (Å²) < 4.78 is 0. The summed E-state index contributed by atoms with van der Waals surface area (Å²) in [5, 5.41) is 2.46. The average Bonchev–Trinajstić information content (AvgIpc) is 1.83. The Bertz CT molecular complexity index is 122. The van der Waals surface area contributed by atoms with Crippen LogP contribution in [0.15, 0.2) is 18.4 Å². The van der Waals surface area contributed by atoms with Crippen molar-refractivity contribution in [3.63, 3.8) is 0 Å². The van der Waals surface area contributed by atoms with Gasteiger partial charge in [-0.05, 0) is 6.08 Å². The van der Waals surface area contributed by atoms with Crippen molar-refractivity contribution < 1.29 is 4.79 Å². The largest absolute Gasteiger partial charge is 0.359 e. The molecule has 0 heterocycles. The van der Waals surface area contributed by atoms with Crippen LogP contribution in [0, 0.1) is 0 Å². The zero-order chi connectivity index (χ0) is 6.41. The number of nitrogens with one attached hydrogen (secondary N) is 1. The van der Waals surface area contributed by atoms with E-state index < -0.39 is 0 Å². The van der Waals surface area contributed by atoms with Crippen molar-refractivity contribution in [2.24, 2.45) is 0 Å². The molecule has 0 bridgehead atoms. The van der Waals surface area contributed by atoms with Crippen molar-refractivity contribution in [3.05, 3.63) is 18.4 Å². The monoisotopic (exact) mass is 111 g/mol. The van der Waals surface area contributed by atoms with Crippen LogP contribution >= 0.6 is 0 Å². The van der Waals surface area contributed by atoms with Gasteiger partial charge in [-0.1, -0.05) is 6.58 Å². The first-order valence-electron chi connectivity index (χ1n) is 2.36. The summed E-state index contributed by atoms with van der Waals surface area (Å²) in [5.41, 5.74) is 2.50. The maximum atomic E-state index is 10.4. The molecule has 1 N–H and O–H groups in total. The van der Waals surface area contributed by atoms with Gasteiger partial charge in [0.1, 0.15) is 0 Å². The van der Waals surface area contributed by atoms with E-state index >= 15 is 0 Å². The van der Waals surface area contributed by atoms with Gasteiger partial charge in [-0.2, -0.15) is 0 Å². The number of hydrogen-bond acceptors (Lipinski definition) is 1. The maximum Gasteiger partial charge on any atom is 0.224 e. The minimum Gasteiger partial charge on any atom is -0.359 e. The highest BCUT2D eigenvalue weighted by Gasteiger charge is 1.88. The summed E-state index contributed by atoms with van der Waals surface area (Å²) in [6.45, 7) is 3.31. The minimum atomic E-state index is -0.0128. The minimum absolute atomic E-state index is 0.0128. The van der Waals surface area contributed by atoms with Crippen molar-refractivity contribution in [2.75, 3.05) is 7.05 Å². The van der Waals surface area contributed by atoms with Crippen molar-refractivity contribution >= 4 is 5.91 Å². The molecule has 0 aromatic rings. The van der Waals surface area contributed by atoms with Crippen LogP contribution in [0.25, 0.3) is 0 Å². The second-order valence-corrected chi connectivity index (χ2v) is 1.29. The third kappa shape index (κ3) is 3.19. The maximum absolute atomic E-state index is 10.4. The lowest BCUT2D eigenvalue weighted by Crippen LogP contribution is -2.15. The molecule has 44 valence electrons. The van der Waals surface area contributed by atoms with E-state index in [-0.39, 0.29) is 5.91 Å². The lowest BCUT2D eigenvalue weighted by molar-refractivity contribution is -0.119. The van der Waals surface area contributed by atoms with Crippen LogP contribution in [0.1, 0.15) is 6.42 Å². The van der Waals surface area contributed by atoms with Crippen LogP contribution in [0.2, 0.25) is 0 Å². The van der Waals surface area contributed by atoms with Crippen molar-refractivity contribution in [1.29, 1.82) is 0 Å². The van der Waals surface area contributed by atoms with Gasteiger partial charge >= 0.3 is 0 Å². The predicted molar refractivity (Wildman–Crippen MR) is 32.4 cm³/mol. The number of hydrogen-bond donors (Lipinski definition) is 1. The Morgan fingerprint density at radius 2 is 2.62 bits per heavy atom. The van der Waals surface area contributed by atoms with Gasteiger partial charge in [-0.3, -0.25) is 4.79 Å². The Morgan fingerprint density at radius 1 is 2.00 bits per heavy atom. The SMILES string of the molecule is C=C=CCC(=O)NC. The molecule has 0 aromatic carbocycles. The van der Waals surface area contributed by atoms with Crippen molar-refractivity contribution in [2.45, 2.75) is 6.42 Å². The molecule has 0 radical (unpaired) electrons. The van der Waals surface area contributed by atoms with Crippen LogP contribution in [0.5, 0.6) is 0 Å². The first-order chi connectivity index (χ1) is 3.81. The lowest BCUT2D eigenvalue weighted by Gasteiger charge is -1.88. The van der Waals surface area contributed by atoms with Gasteiger partial charge in [0.2, 0.25) is 5.91 Å². The van der Waals surface area contributed by atoms with Gasteiger partial charge in [-0.15, -0.1) is 5.73 Å². The Hall–Kier alpha value is -1.01. The van der Waals surface area contributed by atoms with Crippen LogP contribution in [0.4, 0.5) is 0 Å². The number of carbonyl (C=O) groups is 1. The average molecular weight is 111 g/mol. The topological polar surface area (TPSA) is 29.1 Å². The Morgan fingerprint density at radius 3 is 3.00 bits per heavy atom. The summed E-state index contributed by atoms with van der Waals surface area (Å²) in [6, 6.07) is 0. The van der Waals surface area contributed by atoms with Gasteiger partial charge in [0.05, 0.1) is 6.42 Å². The van der Waals surface area contributed by atoms with E-state index in [0.717, 1.165) is 0 Å². The molecule has 1 amide bonds. The van der Waals surface area contributed by atoms with E-state index in [9.17, 15) is 4.79 Å². The summed E-state index contributed by atoms with van der Waals surface area (Å²) in [7, 11) is 1.60. The summed E-state index contributed by atoms with van der Waals surface area (Å²) in [6.07, 6.45) is 1.96. The van der Waals surface area contributed by atoms with Gasteiger partial charge in [0.15, 0.2) is 0 Å². The Labute approximate surface area is 48.9 Å². The Balaban J connectivity index is 3.39. The predicted octanol–water partition coefficient (Wildman–Crippen LogP) is 0.464. The molecule has 0 atom stereocenters. The second kappa shape index (κ2) is 4.16. The summed E-state index contributed by atoms with van der Waals surface area (Å²) >= 11 is 0. The first-order valence-corrected chi connectivity index (χ1v) is 2.36. The van der Waals surface area contributed by atoms with E-state index in [4.69, 9.17) is 0 Å². The lowest BCUT2D eigenvalue weighted by atomic mass is 10.4. The van der Waals surface area contributed by atoms with E-state index in [2.05, 4.69) is 17.6 Å². The fourth-order valence-electron chi connectivity index (χ4n) is 0.267. The normalized spacial score (nSPS) is 7.12. The molecule has 0 unspecified atom stereocenters. The van der Waals surface area contributed by atoms with Gasteiger partial charge in [0, 0.05) is 7.05 Å². The van der Waals surface area contributed by atoms with Crippen LogP contribution in [-0.2, 0) is 4.79 Å². The first kappa shape index (κ1) is 6.99. The number of amides is 1. The fraction of sp³-hybridized carbons (Fsp3) is 0.333. The zero-order valence-electron chi connectivity index (χ0n) is 4.90. The van der Waals surface area contributed by atoms with Gasteiger partial charge in [0.25, 0.3) is 0 Å². The highest BCUT2D eigenvalue weighted by atomic mass is 16.1. The second-order valence-electron chi connectivity index (χ2n) is 1.29. The summed E-state index contributed by atoms with van der Waals surface area (Å²) in [4.78, 5) is 10.4. The molecule has 0 aliphatic heterocycles. The van der Waals surface area contributed by atoms with Crippen LogP contribution < -0.4 is 5.32 Å². The highest BCUT2D eigenvalue weighted by molar-refractivity contribution is 5.76. The molecule has 0 aromatic heterocycles. The standard InChI is InChI=1S/C6H9NO/c1-3-4-5-6(8)7-2/h4H,1,5H2,2H3,(H,7,8). The molecule has 0 fully saturated rings. The molecule has 0 spiro atoms. The van der Waals surface area contributed by atoms with E-state index in [1.54, 1.807) is 13.1 Å². The zero-order valence-corrected chi connectivity index (χ0v) is 4.90. The van der Waals surface area contributed by atoms with Crippen molar-refractivity contribution in [3.8, 4) is 0 Å². The van der Waals surface area contributed by atoms with Gasteiger partial charge in [-0.25, -0.2) is 0 Å². The summed E-state index contributed by atoms with van der Waals surface area (Å²) in [5.74, 6) is -0.0128. The fourth-order valence-corrected chi connectivity index (χ4v) is 0.267. The van der Waals surface area contributed by atoms with E-state index in [0.29, 0.717) is 6.42 Å². The number of carbonyl (C=O) groups excluding carboxylic acids is 1. The third-order valence-corrected chi connectivity index (χ3v) is 0.711. The molecular weight excluding hydrogens is 102 g/mol. The van der Waals surface area contributed by atoms with Crippen molar-refractivity contribution in [1.82, 2.24) is 5.32 Å². The third-order valence-electron chi connectivity index (χ3n) is 0.711. The molecule has 0 rings (SSSR count). The van der Waals surface area contributed by atoms with Crippen LogP contribution in [-0.4, -0.2) is 13.0 Å². The molecule has 0 aliphatic carbocycles. The molecule has 8 heavy (non-hydrogen) atoms. The van der Waals surface area contributed by atoms with E-state index in [1.807, 2.05) is 0 Å². The molecule has 2 nitrogen and oxygen atoms in total. The van der Waals surface area contributed by atoms with Crippen LogP contribution in [0.3, 0.4) is 0 Å². The molecule has 2 heteroatoms.